The van der Waals surface area contributed by atoms with E-state index in [1.54, 1.807) is 31.2 Å². The lowest BCUT2D eigenvalue weighted by Gasteiger charge is -2.39. The molecule has 2 fully saturated rings. The molecule has 8 heteroatoms. The van der Waals surface area contributed by atoms with Gasteiger partial charge in [0.25, 0.3) is 5.69 Å². The number of anilines is 2. The summed E-state index contributed by atoms with van der Waals surface area (Å²) < 4.78 is 13.2. The molecule has 2 aromatic carbocycles. The van der Waals surface area contributed by atoms with Crippen molar-refractivity contribution < 1.29 is 14.1 Å². The molecule has 0 bridgehead atoms. The molecular weight excluding hydrogens is 447 g/mol. The van der Waals surface area contributed by atoms with Crippen LogP contribution in [-0.2, 0) is 4.79 Å². The van der Waals surface area contributed by atoms with Crippen molar-refractivity contribution in [1.82, 2.24) is 5.32 Å². The highest BCUT2D eigenvalue weighted by atomic mass is 19.1. The molecule has 1 saturated carbocycles. The van der Waals surface area contributed by atoms with Gasteiger partial charge < -0.3 is 15.5 Å². The largest absolute Gasteiger partial charge is 0.382 e. The Morgan fingerprint density at radius 3 is 2.37 bits per heavy atom. The smallest absolute Gasteiger partial charge is 0.272 e. The van der Waals surface area contributed by atoms with E-state index in [1.807, 2.05) is 6.07 Å². The molecule has 0 unspecified atom stereocenters. The molecule has 2 aliphatic rings. The van der Waals surface area contributed by atoms with Gasteiger partial charge in [-0.1, -0.05) is 6.92 Å². The SMILES string of the molecule is Cc1cc(NC2CCC(CNC(=O)C3(C)CCN(c4ccc(F)cc4)CC3)CC2)ccc1[N+](=O)[O-]. The van der Waals surface area contributed by atoms with Crippen molar-refractivity contribution in [2.75, 3.05) is 29.9 Å². The third-order valence-electron chi connectivity index (χ3n) is 7.77. The number of piperidine rings is 1. The number of nitrogens with zero attached hydrogens (tertiary/aromatic N) is 2. The number of nitrogens with one attached hydrogen (secondary N) is 2. The average molecular weight is 483 g/mol. The van der Waals surface area contributed by atoms with Crippen molar-refractivity contribution in [3.63, 3.8) is 0 Å². The average Bonchev–Trinajstić information content (AvgIpc) is 2.84. The quantitative estimate of drug-likeness (QED) is 0.406. The molecule has 1 amide bonds. The molecule has 0 aromatic heterocycles. The van der Waals surface area contributed by atoms with E-state index in [0.717, 1.165) is 63.0 Å². The molecule has 1 saturated heterocycles. The maximum Gasteiger partial charge on any atom is 0.272 e. The highest BCUT2D eigenvalue weighted by Crippen LogP contribution is 2.34. The van der Waals surface area contributed by atoms with Crippen LogP contribution in [0.1, 0.15) is 51.0 Å². The van der Waals surface area contributed by atoms with Crippen molar-refractivity contribution in [2.45, 2.75) is 58.4 Å². The van der Waals surface area contributed by atoms with Crippen molar-refractivity contribution in [3.05, 3.63) is 64.0 Å². The maximum atomic E-state index is 13.2. The van der Waals surface area contributed by atoms with E-state index < -0.39 is 0 Å². The van der Waals surface area contributed by atoms with E-state index in [2.05, 4.69) is 22.5 Å². The first-order valence-corrected chi connectivity index (χ1v) is 12.5. The van der Waals surface area contributed by atoms with Crippen molar-refractivity contribution >= 4 is 23.0 Å². The third-order valence-corrected chi connectivity index (χ3v) is 7.77. The lowest BCUT2D eigenvalue weighted by molar-refractivity contribution is -0.385. The van der Waals surface area contributed by atoms with Crippen molar-refractivity contribution in [1.29, 1.82) is 0 Å². The standard InChI is InChI=1S/C27H35FN4O3/c1-19-17-23(9-12-25(19)32(34)35)30-22-7-3-20(4-8-22)18-29-26(33)27(2)13-15-31(16-14-27)24-10-5-21(28)6-11-24/h5-6,9-12,17,20,22,30H,3-4,7-8,13-16,18H2,1-2H3,(H,29,33). The van der Waals surface area contributed by atoms with E-state index in [9.17, 15) is 19.3 Å². The fourth-order valence-corrected chi connectivity index (χ4v) is 5.28. The second-order valence-corrected chi connectivity index (χ2v) is 10.4. The summed E-state index contributed by atoms with van der Waals surface area (Å²) in [4.78, 5) is 25.9. The molecule has 1 aliphatic heterocycles. The van der Waals surface area contributed by atoms with Gasteiger partial charge in [0.15, 0.2) is 0 Å². The molecule has 0 radical (unpaired) electrons. The van der Waals surface area contributed by atoms with E-state index in [4.69, 9.17) is 0 Å². The number of rotatable bonds is 7. The summed E-state index contributed by atoms with van der Waals surface area (Å²) in [6.07, 6.45) is 5.67. The Labute approximate surface area is 206 Å². The summed E-state index contributed by atoms with van der Waals surface area (Å²) in [5.74, 6) is 0.373. The summed E-state index contributed by atoms with van der Waals surface area (Å²) in [6, 6.07) is 12.1. The summed E-state index contributed by atoms with van der Waals surface area (Å²) in [5, 5.41) is 17.8. The summed E-state index contributed by atoms with van der Waals surface area (Å²) >= 11 is 0. The molecule has 1 aliphatic carbocycles. The first-order chi connectivity index (χ1) is 16.7. The lowest BCUT2D eigenvalue weighted by Crippen LogP contribution is -2.48. The molecule has 0 atom stereocenters. The molecule has 2 aromatic rings. The van der Waals surface area contributed by atoms with Gasteiger partial charge in [-0.2, -0.15) is 0 Å². The normalized spacial score (nSPS) is 21.9. The zero-order valence-electron chi connectivity index (χ0n) is 20.6. The van der Waals surface area contributed by atoms with E-state index in [-0.39, 0.29) is 27.8 Å². The fraction of sp³-hybridized carbons (Fsp3) is 0.519. The van der Waals surface area contributed by atoms with Gasteiger partial charge in [0.1, 0.15) is 5.82 Å². The predicted molar refractivity (Wildman–Crippen MR) is 136 cm³/mol. The molecule has 7 nitrogen and oxygen atoms in total. The minimum Gasteiger partial charge on any atom is -0.382 e. The number of aryl methyl sites for hydroxylation is 1. The molecule has 4 rings (SSSR count). The zero-order chi connectivity index (χ0) is 25.0. The zero-order valence-corrected chi connectivity index (χ0v) is 20.6. The number of amides is 1. The number of carbonyl (C=O) groups is 1. The van der Waals surface area contributed by atoms with Gasteiger partial charge in [-0.3, -0.25) is 14.9 Å². The number of nitro benzene ring substituents is 1. The van der Waals surface area contributed by atoms with Crippen molar-refractivity contribution in [3.8, 4) is 0 Å². The molecule has 1 heterocycles. The van der Waals surface area contributed by atoms with Crippen LogP contribution in [0, 0.1) is 34.2 Å². The number of carbonyl (C=O) groups excluding carboxylic acids is 1. The summed E-state index contributed by atoms with van der Waals surface area (Å²) in [6.45, 7) is 6.09. The van der Waals surface area contributed by atoms with Gasteiger partial charge in [-0.25, -0.2) is 4.39 Å². The Morgan fingerprint density at radius 2 is 1.77 bits per heavy atom. The van der Waals surface area contributed by atoms with Crippen LogP contribution in [-0.4, -0.2) is 36.5 Å². The summed E-state index contributed by atoms with van der Waals surface area (Å²) in [5.41, 5.74) is 2.36. The van der Waals surface area contributed by atoms with Gasteiger partial charge in [0.2, 0.25) is 5.91 Å². The molecule has 188 valence electrons. The van der Waals surface area contributed by atoms with Crippen LogP contribution in [0.25, 0.3) is 0 Å². The van der Waals surface area contributed by atoms with Crippen molar-refractivity contribution in [2.24, 2.45) is 11.3 Å². The summed E-state index contributed by atoms with van der Waals surface area (Å²) in [7, 11) is 0. The number of nitro groups is 1. The Kier molecular flexibility index (Phi) is 7.57. The van der Waals surface area contributed by atoms with Crippen LogP contribution < -0.4 is 15.5 Å². The third kappa shape index (κ3) is 6.10. The minimum absolute atomic E-state index is 0.137. The Bertz CT molecular complexity index is 1040. The molecule has 0 spiro atoms. The van der Waals surface area contributed by atoms with Gasteiger partial charge in [0, 0.05) is 54.1 Å². The lowest BCUT2D eigenvalue weighted by atomic mass is 9.79. The Hall–Kier alpha value is -3.16. The topological polar surface area (TPSA) is 87.5 Å². The molecular formula is C27H35FN4O3. The first-order valence-electron chi connectivity index (χ1n) is 12.5. The Balaban J connectivity index is 1.19. The molecule has 2 N–H and O–H groups in total. The van der Waals surface area contributed by atoms with Crippen LogP contribution >= 0.6 is 0 Å². The second kappa shape index (κ2) is 10.6. The predicted octanol–water partition coefficient (Wildman–Crippen LogP) is 5.44. The maximum absolute atomic E-state index is 13.2. The first kappa shape index (κ1) is 24.9. The van der Waals surface area contributed by atoms with E-state index in [1.165, 1.54) is 12.1 Å². The number of benzene rings is 2. The van der Waals surface area contributed by atoms with Crippen LogP contribution in [0.3, 0.4) is 0 Å². The van der Waals surface area contributed by atoms with Gasteiger partial charge in [0.05, 0.1) is 4.92 Å². The Morgan fingerprint density at radius 1 is 1.11 bits per heavy atom. The highest BCUT2D eigenvalue weighted by Gasteiger charge is 2.37. The number of hydrogen-bond acceptors (Lipinski definition) is 5. The fourth-order valence-electron chi connectivity index (χ4n) is 5.28. The van der Waals surface area contributed by atoms with E-state index >= 15 is 0 Å². The van der Waals surface area contributed by atoms with E-state index in [0.29, 0.717) is 24.1 Å². The number of halogens is 1. The van der Waals surface area contributed by atoms with Crippen LogP contribution in [0.15, 0.2) is 42.5 Å². The second-order valence-electron chi connectivity index (χ2n) is 10.4. The highest BCUT2D eigenvalue weighted by molar-refractivity contribution is 5.82. The monoisotopic (exact) mass is 482 g/mol. The number of hydrogen-bond donors (Lipinski definition) is 2. The van der Waals surface area contributed by atoms with Crippen LogP contribution in [0.5, 0.6) is 0 Å². The van der Waals surface area contributed by atoms with Crippen LogP contribution in [0.2, 0.25) is 0 Å². The minimum atomic E-state index is -0.372. The molecule has 35 heavy (non-hydrogen) atoms. The van der Waals surface area contributed by atoms with Gasteiger partial charge in [-0.15, -0.1) is 0 Å². The van der Waals surface area contributed by atoms with Gasteiger partial charge in [-0.05, 0) is 87.8 Å². The van der Waals surface area contributed by atoms with Gasteiger partial charge >= 0.3 is 0 Å². The van der Waals surface area contributed by atoms with Crippen LogP contribution in [0.4, 0.5) is 21.5 Å².